The third-order valence-electron chi connectivity index (χ3n) is 5.86. The summed E-state index contributed by atoms with van der Waals surface area (Å²) in [6.07, 6.45) is 6.57. The van der Waals surface area contributed by atoms with Crippen molar-refractivity contribution in [2.45, 2.75) is 12.8 Å². The Morgan fingerprint density at radius 1 is 0.939 bits per heavy atom. The molecule has 0 amide bonds. The molecule has 1 aliphatic rings. The summed E-state index contributed by atoms with van der Waals surface area (Å²) in [5.74, 6) is 3.02. The first-order valence-corrected chi connectivity index (χ1v) is 11.9. The maximum absolute atomic E-state index is 6.17. The Morgan fingerprint density at radius 3 is 2.58 bits per heavy atom. The van der Waals surface area contributed by atoms with Gasteiger partial charge in [-0.1, -0.05) is 47.7 Å². The van der Waals surface area contributed by atoms with E-state index < -0.39 is 0 Å². The van der Waals surface area contributed by atoms with E-state index in [1.807, 2.05) is 60.7 Å². The summed E-state index contributed by atoms with van der Waals surface area (Å²) in [4.78, 5) is 9.79. The molecule has 3 aromatic carbocycles. The summed E-state index contributed by atoms with van der Waals surface area (Å²) in [7, 11) is 1.68. The molecule has 1 aliphatic carbocycles. The van der Waals surface area contributed by atoms with Crippen molar-refractivity contribution in [3.63, 3.8) is 0 Å². The molecular formula is C27H23N3O2S. The van der Waals surface area contributed by atoms with Crippen LogP contribution in [0.2, 0.25) is 0 Å². The molecule has 0 unspecified atom stereocenters. The van der Waals surface area contributed by atoms with E-state index in [1.165, 1.54) is 12.8 Å². The number of imidazole rings is 1. The number of para-hydroxylation sites is 4. The van der Waals surface area contributed by atoms with Crippen LogP contribution in [0.3, 0.4) is 0 Å². The predicted octanol–water partition coefficient (Wildman–Crippen LogP) is 6.60. The molecule has 5 nitrogen and oxygen atoms in total. The fourth-order valence-corrected chi connectivity index (χ4v) is 4.93. The minimum absolute atomic E-state index is 0.662. The molecular weight excluding hydrogens is 430 g/mol. The van der Waals surface area contributed by atoms with E-state index in [9.17, 15) is 0 Å². The minimum Gasteiger partial charge on any atom is -0.493 e. The first kappa shape index (κ1) is 20.0. The normalized spacial score (nSPS) is 13.8. The minimum atomic E-state index is 0.662. The van der Waals surface area contributed by atoms with Crippen LogP contribution in [0, 0.1) is 5.92 Å². The number of aromatic nitrogens is 3. The van der Waals surface area contributed by atoms with Crippen molar-refractivity contribution in [1.29, 1.82) is 0 Å². The number of nitrogens with zero attached hydrogens (tertiary/aromatic N) is 3. The van der Waals surface area contributed by atoms with Crippen LogP contribution in [0.25, 0.3) is 38.5 Å². The second kappa shape index (κ2) is 8.37. The standard InChI is InChI=1S/C27H23N3O2S/c1-31-23-11-6-7-19(26(23)32-17-18-13-14-18)15-16-25-28-20-8-2-4-10-22(20)30(25)27-29-21-9-3-5-12-24(21)33-27/h2-12,15-16,18H,13-14,17H2,1H3. The van der Waals surface area contributed by atoms with Crippen LogP contribution < -0.4 is 9.47 Å². The number of ether oxygens (including phenoxy) is 2. The molecule has 0 atom stereocenters. The molecule has 1 fully saturated rings. The van der Waals surface area contributed by atoms with Gasteiger partial charge in [-0.05, 0) is 61.2 Å². The van der Waals surface area contributed by atoms with Crippen molar-refractivity contribution in [3.8, 4) is 16.6 Å². The zero-order chi connectivity index (χ0) is 22.2. The van der Waals surface area contributed by atoms with E-state index in [2.05, 4.69) is 22.8 Å². The van der Waals surface area contributed by atoms with E-state index in [0.717, 1.165) is 55.9 Å². The molecule has 5 aromatic rings. The highest BCUT2D eigenvalue weighted by atomic mass is 32.1. The first-order valence-electron chi connectivity index (χ1n) is 11.1. The summed E-state index contributed by atoms with van der Waals surface area (Å²) >= 11 is 1.67. The van der Waals surface area contributed by atoms with Crippen molar-refractivity contribution in [2.75, 3.05) is 13.7 Å². The lowest BCUT2D eigenvalue weighted by Crippen LogP contribution is -2.02. The maximum Gasteiger partial charge on any atom is 0.196 e. The van der Waals surface area contributed by atoms with E-state index in [4.69, 9.17) is 19.4 Å². The van der Waals surface area contributed by atoms with Gasteiger partial charge in [0.25, 0.3) is 0 Å². The molecule has 0 saturated heterocycles. The highest BCUT2D eigenvalue weighted by molar-refractivity contribution is 7.20. The zero-order valence-electron chi connectivity index (χ0n) is 18.3. The molecule has 0 aliphatic heterocycles. The van der Waals surface area contributed by atoms with Gasteiger partial charge in [0.05, 0.1) is 35.0 Å². The van der Waals surface area contributed by atoms with Crippen LogP contribution in [0.15, 0.2) is 66.7 Å². The fraction of sp³-hybridized carbons (Fsp3) is 0.185. The largest absolute Gasteiger partial charge is 0.493 e. The second-order valence-corrected chi connectivity index (χ2v) is 9.23. The summed E-state index contributed by atoms with van der Waals surface area (Å²) in [5.41, 5.74) is 3.94. The summed E-state index contributed by atoms with van der Waals surface area (Å²) in [6, 6.07) is 22.3. The fourth-order valence-electron chi connectivity index (χ4n) is 3.94. The van der Waals surface area contributed by atoms with Gasteiger partial charge < -0.3 is 9.47 Å². The first-order chi connectivity index (χ1) is 16.3. The predicted molar refractivity (Wildman–Crippen MR) is 134 cm³/mol. The molecule has 33 heavy (non-hydrogen) atoms. The summed E-state index contributed by atoms with van der Waals surface area (Å²) in [5, 5.41) is 0.903. The Hall–Kier alpha value is -3.64. The molecule has 6 rings (SSSR count). The van der Waals surface area contributed by atoms with Gasteiger partial charge >= 0.3 is 0 Å². The van der Waals surface area contributed by atoms with Crippen molar-refractivity contribution in [2.24, 2.45) is 5.92 Å². The molecule has 0 N–H and O–H groups in total. The molecule has 0 radical (unpaired) electrons. The van der Waals surface area contributed by atoms with Crippen molar-refractivity contribution in [1.82, 2.24) is 14.5 Å². The molecule has 2 aromatic heterocycles. The van der Waals surface area contributed by atoms with E-state index in [-0.39, 0.29) is 0 Å². The second-order valence-electron chi connectivity index (χ2n) is 8.22. The lowest BCUT2D eigenvalue weighted by molar-refractivity contribution is 0.280. The topological polar surface area (TPSA) is 49.2 Å². The van der Waals surface area contributed by atoms with Gasteiger partial charge in [-0.25, -0.2) is 9.97 Å². The number of hydrogen-bond acceptors (Lipinski definition) is 5. The van der Waals surface area contributed by atoms with Gasteiger partial charge in [0, 0.05) is 5.56 Å². The van der Waals surface area contributed by atoms with Crippen LogP contribution in [-0.4, -0.2) is 28.3 Å². The third kappa shape index (κ3) is 3.87. The zero-order valence-corrected chi connectivity index (χ0v) is 19.1. The number of thiazole rings is 1. The van der Waals surface area contributed by atoms with Gasteiger partial charge in [-0.2, -0.15) is 0 Å². The Bertz CT molecular complexity index is 1450. The molecule has 0 bridgehead atoms. The van der Waals surface area contributed by atoms with E-state index in [1.54, 1.807) is 18.4 Å². The molecule has 6 heteroatoms. The Kier molecular flexibility index (Phi) is 5.07. The third-order valence-corrected chi connectivity index (χ3v) is 6.88. The Morgan fingerprint density at radius 2 is 1.76 bits per heavy atom. The summed E-state index contributed by atoms with van der Waals surface area (Å²) < 4.78 is 15.0. The van der Waals surface area contributed by atoms with Crippen molar-refractivity contribution < 1.29 is 9.47 Å². The lowest BCUT2D eigenvalue weighted by Gasteiger charge is -2.13. The van der Waals surface area contributed by atoms with E-state index >= 15 is 0 Å². The van der Waals surface area contributed by atoms with Crippen LogP contribution in [0.5, 0.6) is 11.5 Å². The molecule has 0 spiro atoms. The van der Waals surface area contributed by atoms with Gasteiger partial charge in [0.15, 0.2) is 16.6 Å². The number of benzene rings is 3. The van der Waals surface area contributed by atoms with Crippen LogP contribution in [0.1, 0.15) is 24.2 Å². The van der Waals surface area contributed by atoms with E-state index in [0.29, 0.717) is 5.92 Å². The van der Waals surface area contributed by atoms with Gasteiger partial charge in [0.1, 0.15) is 5.82 Å². The smallest absolute Gasteiger partial charge is 0.196 e. The molecule has 2 heterocycles. The van der Waals surface area contributed by atoms with Crippen molar-refractivity contribution in [3.05, 3.63) is 78.1 Å². The Labute approximate surface area is 195 Å². The highest BCUT2D eigenvalue weighted by Crippen LogP contribution is 2.36. The number of methoxy groups -OCH3 is 1. The SMILES string of the molecule is COc1cccc(C=Cc2nc3ccccc3n2-c2nc3ccccc3s2)c1OCC1CC1. The maximum atomic E-state index is 6.17. The van der Waals surface area contributed by atoms with Crippen LogP contribution >= 0.6 is 11.3 Å². The number of fused-ring (bicyclic) bond motifs is 2. The van der Waals surface area contributed by atoms with Gasteiger partial charge in [-0.15, -0.1) is 0 Å². The monoisotopic (exact) mass is 453 g/mol. The number of hydrogen-bond donors (Lipinski definition) is 0. The number of rotatable bonds is 7. The molecule has 1 saturated carbocycles. The van der Waals surface area contributed by atoms with Gasteiger partial charge in [0.2, 0.25) is 0 Å². The van der Waals surface area contributed by atoms with Crippen molar-refractivity contribution >= 4 is 44.7 Å². The van der Waals surface area contributed by atoms with Gasteiger partial charge in [-0.3, -0.25) is 4.57 Å². The average molecular weight is 454 g/mol. The quantitative estimate of drug-likeness (QED) is 0.278. The average Bonchev–Trinajstić information content (AvgIpc) is 3.46. The Balaban J connectivity index is 1.44. The molecule has 164 valence electrons. The van der Waals surface area contributed by atoms with Crippen LogP contribution in [-0.2, 0) is 0 Å². The lowest BCUT2D eigenvalue weighted by atomic mass is 10.1. The van der Waals surface area contributed by atoms with Crippen LogP contribution in [0.4, 0.5) is 0 Å². The summed E-state index contributed by atoms with van der Waals surface area (Å²) in [6.45, 7) is 0.728. The highest BCUT2D eigenvalue weighted by Gasteiger charge is 2.23.